The van der Waals surface area contributed by atoms with Crippen molar-refractivity contribution in [1.82, 2.24) is 4.98 Å². The Hall–Kier alpha value is -1.09. The molecule has 3 heteroatoms. The van der Waals surface area contributed by atoms with Crippen molar-refractivity contribution in [3.05, 3.63) is 24.0 Å². The van der Waals surface area contributed by atoms with Crippen LogP contribution in [0.4, 0.5) is 0 Å². The Bertz CT molecular complexity index is 340. The SMILES string of the molecule is COc1cncc(C2CCC(O)C2C)c1. The molecule has 1 aromatic rings. The van der Waals surface area contributed by atoms with Gasteiger partial charge in [0.2, 0.25) is 0 Å². The van der Waals surface area contributed by atoms with Crippen molar-refractivity contribution in [3.63, 3.8) is 0 Å². The van der Waals surface area contributed by atoms with Crippen LogP contribution in [0.3, 0.4) is 0 Å². The molecule has 3 atom stereocenters. The van der Waals surface area contributed by atoms with Crippen molar-refractivity contribution in [3.8, 4) is 5.75 Å². The van der Waals surface area contributed by atoms with Crippen LogP contribution in [-0.2, 0) is 0 Å². The molecule has 3 nitrogen and oxygen atoms in total. The fourth-order valence-corrected chi connectivity index (χ4v) is 2.36. The highest BCUT2D eigenvalue weighted by Gasteiger charge is 2.32. The monoisotopic (exact) mass is 207 g/mol. The van der Waals surface area contributed by atoms with Gasteiger partial charge in [-0.15, -0.1) is 0 Å². The third-order valence-electron chi connectivity index (χ3n) is 3.41. The van der Waals surface area contributed by atoms with E-state index in [1.165, 1.54) is 5.56 Å². The van der Waals surface area contributed by atoms with E-state index in [1.54, 1.807) is 13.3 Å². The third kappa shape index (κ3) is 1.97. The fourth-order valence-electron chi connectivity index (χ4n) is 2.36. The molecule has 1 heterocycles. The van der Waals surface area contributed by atoms with Crippen molar-refractivity contribution in [2.45, 2.75) is 31.8 Å². The third-order valence-corrected chi connectivity index (χ3v) is 3.41. The predicted molar refractivity (Wildman–Crippen MR) is 57.9 cm³/mol. The molecule has 0 bridgehead atoms. The predicted octanol–water partition coefficient (Wildman–Crippen LogP) is 1.96. The minimum Gasteiger partial charge on any atom is -0.495 e. The van der Waals surface area contributed by atoms with E-state index in [0.717, 1.165) is 18.6 Å². The Morgan fingerprint density at radius 2 is 2.20 bits per heavy atom. The summed E-state index contributed by atoms with van der Waals surface area (Å²) >= 11 is 0. The van der Waals surface area contributed by atoms with E-state index < -0.39 is 0 Å². The van der Waals surface area contributed by atoms with Gasteiger partial charge in [0, 0.05) is 6.20 Å². The lowest BCUT2D eigenvalue weighted by molar-refractivity contribution is 0.136. The first-order chi connectivity index (χ1) is 7.22. The molecule has 0 saturated heterocycles. The Kier molecular flexibility index (Phi) is 2.91. The van der Waals surface area contributed by atoms with Crippen molar-refractivity contribution >= 4 is 0 Å². The van der Waals surface area contributed by atoms with E-state index in [4.69, 9.17) is 4.74 Å². The van der Waals surface area contributed by atoms with Gasteiger partial charge in [-0.2, -0.15) is 0 Å². The molecule has 0 aromatic carbocycles. The molecule has 0 aliphatic heterocycles. The number of hydrogen-bond donors (Lipinski definition) is 1. The maximum atomic E-state index is 9.70. The van der Waals surface area contributed by atoms with Crippen molar-refractivity contribution < 1.29 is 9.84 Å². The van der Waals surface area contributed by atoms with Gasteiger partial charge in [-0.3, -0.25) is 4.98 Å². The van der Waals surface area contributed by atoms with Gasteiger partial charge in [-0.05, 0) is 36.3 Å². The zero-order valence-electron chi connectivity index (χ0n) is 9.18. The number of rotatable bonds is 2. The zero-order valence-corrected chi connectivity index (χ0v) is 9.18. The number of aromatic nitrogens is 1. The summed E-state index contributed by atoms with van der Waals surface area (Å²) < 4.78 is 5.15. The highest BCUT2D eigenvalue weighted by molar-refractivity contribution is 5.27. The van der Waals surface area contributed by atoms with Crippen LogP contribution in [-0.4, -0.2) is 23.3 Å². The highest BCUT2D eigenvalue weighted by atomic mass is 16.5. The van der Waals surface area contributed by atoms with Crippen LogP contribution in [0.1, 0.15) is 31.2 Å². The number of aliphatic hydroxyl groups is 1. The van der Waals surface area contributed by atoms with Crippen LogP contribution in [0.25, 0.3) is 0 Å². The standard InChI is InChI=1S/C12H17NO2/c1-8-11(3-4-12(8)14)9-5-10(15-2)7-13-6-9/h5-8,11-12,14H,3-4H2,1-2H3. The van der Waals surface area contributed by atoms with Crippen LogP contribution >= 0.6 is 0 Å². The normalized spacial score (nSPS) is 30.5. The summed E-state index contributed by atoms with van der Waals surface area (Å²) in [6.45, 7) is 2.10. The number of hydrogen-bond acceptors (Lipinski definition) is 3. The number of methoxy groups -OCH3 is 1. The maximum absolute atomic E-state index is 9.70. The van der Waals surface area contributed by atoms with E-state index in [9.17, 15) is 5.11 Å². The number of aliphatic hydroxyl groups excluding tert-OH is 1. The average Bonchev–Trinajstić information content (AvgIpc) is 2.60. The summed E-state index contributed by atoms with van der Waals surface area (Å²) in [5.41, 5.74) is 1.18. The van der Waals surface area contributed by atoms with Gasteiger partial charge >= 0.3 is 0 Å². The molecule has 82 valence electrons. The van der Waals surface area contributed by atoms with E-state index >= 15 is 0 Å². The number of nitrogens with zero attached hydrogens (tertiary/aromatic N) is 1. The van der Waals surface area contributed by atoms with Crippen molar-refractivity contribution in [1.29, 1.82) is 0 Å². The quantitative estimate of drug-likeness (QED) is 0.806. The lowest BCUT2D eigenvalue weighted by Crippen LogP contribution is -2.14. The molecule has 3 unspecified atom stereocenters. The minimum atomic E-state index is -0.166. The van der Waals surface area contributed by atoms with E-state index in [2.05, 4.69) is 11.9 Å². The molecule has 2 rings (SSSR count). The fraction of sp³-hybridized carbons (Fsp3) is 0.583. The Labute approximate surface area is 90.1 Å². The van der Waals surface area contributed by atoms with Gasteiger partial charge in [-0.25, -0.2) is 0 Å². The van der Waals surface area contributed by atoms with Crippen LogP contribution in [0.15, 0.2) is 18.5 Å². The van der Waals surface area contributed by atoms with Gasteiger partial charge in [0.15, 0.2) is 0 Å². The molecule has 0 amide bonds. The van der Waals surface area contributed by atoms with E-state index in [0.29, 0.717) is 11.8 Å². The van der Waals surface area contributed by atoms with Gasteiger partial charge in [0.05, 0.1) is 19.4 Å². The number of ether oxygens (including phenoxy) is 1. The van der Waals surface area contributed by atoms with E-state index in [1.807, 2.05) is 12.3 Å². The first kappa shape index (κ1) is 10.4. The molecule has 1 N–H and O–H groups in total. The van der Waals surface area contributed by atoms with Gasteiger partial charge in [-0.1, -0.05) is 6.92 Å². The molecule has 15 heavy (non-hydrogen) atoms. The smallest absolute Gasteiger partial charge is 0.137 e. The van der Waals surface area contributed by atoms with Gasteiger partial charge in [0.25, 0.3) is 0 Å². The second kappa shape index (κ2) is 4.19. The van der Waals surface area contributed by atoms with Crippen molar-refractivity contribution in [2.75, 3.05) is 7.11 Å². The molecule has 1 aliphatic rings. The summed E-state index contributed by atoms with van der Waals surface area (Å²) in [6, 6.07) is 2.02. The number of pyridine rings is 1. The summed E-state index contributed by atoms with van der Waals surface area (Å²) in [7, 11) is 1.65. The Balaban J connectivity index is 2.22. The first-order valence-electron chi connectivity index (χ1n) is 5.39. The Morgan fingerprint density at radius 1 is 1.40 bits per heavy atom. The molecule has 1 fully saturated rings. The lowest BCUT2D eigenvalue weighted by atomic mass is 9.90. The molecule has 1 saturated carbocycles. The molecule has 0 radical (unpaired) electrons. The minimum absolute atomic E-state index is 0.166. The van der Waals surface area contributed by atoms with Crippen LogP contribution in [0.2, 0.25) is 0 Å². The van der Waals surface area contributed by atoms with Crippen LogP contribution in [0, 0.1) is 5.92 Å². The molecule has 1 aliphatic carbocycles. The summed E-state index contributed by atoms with van der Waals surface area (Å²) in [4.78, 5) is 4.15. The molecule has 0 spiro atoms. The van der Waals surface area contributed by atoms with E-state index in [-0.39, 0.29) is 6.10 Å². The zero-order chi connectivity index (χ0) is 10.8. The highest BCUT2D eigenvalue weighted by Crippen LogP contribution is 2.39. The topological polar surface area (TPSA) is 42.4 Å². The van der Waals surface area contributed by atoms with Crippen LogP contribution < -0.4 is 4.74 Å². The van der Waals surface area contributed by atoms with Crippen molar-refractivity contribution in [2.24, 2.45) is 5.92 Å². The summed E-state index contributed by atoms with van der Waals surface area (Å²) in [5.74, 6) is 1.53. The largest absolute Gasteiger partial charge is 0.495 e. The van der Waals surface area contributed by atoms with Crippen LogP contribution in [0.5, 0.6) is 5.75 Å². The second-order valence-corrected chi connectivity index (χ2v) is 4.27. The molecular formula is C12H17NO2. The average molecular weight is 207 g/mol. The summed E-state index contributed by atoms with van der Waals surface area (Å²) in [5, 5.41) is 9.70. The van der Waals surface area contributed by atoms with Gasteiger partial charge < -0.3 is 9.84 Å². The second-order valence-electron chi connectivity index (χ2n) is 4.27. The maximum Gasteiger partial charge on any atom is 0.137 e. The first-order valence-corrected chi connectivity index (χ1v) is 5.39. The lowest BCUT2D eigenvalue weighted by Gasteiger charge is -2.17. The van der Waals surface area contributed by atoms with Gasteiger partial charge in [0.1, 0.15) is 5.75 Å². The Morgan fingerprint density at radius 3 is 2.80 bits per heavy atom. The molecular weight excluding hydrogens is 190 g/mol. The summed E-state index contributed by atoms with van der Waals surface area (Å²) in [6.07, 6.45) is 5.35. The molecule has 1 aromatic heterocycles.